The molecule has 3 rings (SSSR count). The molecular weight excluding hydrogens is 289 g/mol. The van der Waals surface area contributed by atoms with Crippen LogP contribution in [0.25, 0.3) is 11.3 Å². The minimum Gasteiger partial charge on any atom is -0.326 e. The zero-order valence-corrected chi connectivity index (χ0v) is 11.6. The first-order valence-electron chi connectivity index (χ1n) is 6.76. The topological polar surface area (TPSA) is 17.8 Å². The van der Waals surface area contributed by atoms with Gasteiger partial charge in [-0.15, -0.1) is 0 Å². The molecule has 0 radical (unpaired) electrons. The third kappa shape index (κ3) is 3.03. The van der Waals surface area contributed by atoms with Gasteiger partial charge in [-0.1, -0.05) is 42.5 Å². The predicted molar refractivity (Wildman–Crippen MR) is 78.2 cm³/mol. The minimum absolute atomic E-state index is 0.622. The van der Waals surface area contributed by atoms with Crippen molar-refractivity contribution in [3.63, 3.8) is 0 Å². The molecule has 0 fully saturated rings. The third-order valence-corrected chi connectivity index (χ3v) is 3.42. The van der Waals surface area contributed by atoms with Crippen LogP contribution in [0.4, 0.5) is 13.2 Å². The van der Waals surface area contributed by atoms with Crippen LogP contribution in [0.3, 0.4) is 0 Å². The van der Waals surface area contributed by atoms with E-state index in [0.29, 0.717) is 12.1 Å². The van der Waals surface area contributed by atoms with E-state index in [-0.39, 0.29) is 0 Å². The van der Waals surface area contributed by atoms with Gasteiger partial charge in [-0.25, -0.2) is 4.98 Å². The zero-order chi connectivity index (χ0) is 15.6. The predicted octanol–water partition coefficient (Wildman–Crippen LogP) is 4.62. The monoisotopic (exact) mass is 302 g/mol. The fraction of sp³-hybridized carbons (Fsp3) is 0.118. The number of nitrogens with zero attached hydrogens (tertiary/aromatic N) is 2. The number of alkyl halides is 3. The molecule has 0 aliphatic rings. The summed E-state index contributed by atoms with van der Waals surface area (Å²) in [5, 5.41) is 0. The first-order chi connectivity index (χ1) is 10.5. The van der Waals surface area contributed by atoms with Crippen molar-refractivity contribution in [2.75, 3.05) is 0 Å². The Kier molecular flexibility index (Phi) is 3.71. The maximum Gasteiger partial charge on any atom is 0.416 e. The van der Waals surface area contributed by atoms with Crippen LogP contribution in [0.2, 0.25) is 0 Å². The Bertz CT molecular complexity index is 744. The quantitative estimate of drug-likeness (QED) is 0.690. The number of hydrogen-bond donors (Lipinski definition) is 0. The lowest BCUT2D eigenvalue weighted by Gasteiger charge is -2.10. The minimum atomic E-state index is -4.32. The lowest BCUT2D eigenvalue weighted by Crippen LogP contribution is -2.04. The SMILES string of the molecule is FC(F)(F)c1ccc(-c2cncn2Cc2ccccc2)cc1. The fourth-order valence-corrected chi connectivity index (χ4v) is 2.30. The molecular formula is C17H13F3N2. The summed E-state index contributed by atoms with van der Waals surface area (Å²) in [6.07, 6.45) is -0.978. The maximum atomic E-state index is 12.6. The zero-order valence-electron chi connectivity index (χ0n) is 11.6. The highest BCUT2D eigenvalue weighted by atomic mass is 19.4. The Labute approximate surface area is 125 Å². The Balaban J connectivity index is 1.89. The van der Waals surface area contributed by atoms with Gasteiger partial charge in [0.25, 0.3) is 0 Å². The van der Waals surface area contributed by atoms with E-state index in [2.05, 4.69) is 4.98 Å². The number of imidazole rings is 1. The second-order valence-corrected chi connectivity index (χ2v) is 4.97. The highest BCUT2D eigenvalue weighted by Gasteiger charge is 2.30. The smallest absolute Gasteiger partial charge is 0.326 e. The lowest BCUT2D eigenvalue weighted by molar-refractivity contribution is -0.137. The van der Waals surface area contributed by atoms with Gasteiger partial charge < -0.3 is 4.57 Å². The van der Waals surface area contributed by atoms with Crippen molar-refractivity contribution in [2.45, 2.75) is 12.7 Å². The lowest BCUT2D eigenvalue weighted by atomic mass is 10.1. The number of benzene rings is 2. The van der Waals surface area contributed by atoms with Crippen LogP contribution in [0.5, 0.6) is 0 Å². The molecule has 0 unspecified atom stereocenters. The van der Waals surface area contributed by atoms with Gasteiger partial charge in [0, 0.05) is 6.54 Å². The molecule has 0 aliphatic heterocycles. The van der Waals surface area contributed by atoms with Crippen molar-refractivity contribution in [3.8, 4) is 11.3 Å². The number of aromatic nitrogens is 2. The summed E-state index contributed by atoms with van der Waals surface area (Å²) in [7, 11) is 0. The highest BCUT2D eigenvalue weighted by Crippen LogP contribution is 2.31. The molecule has 0 N–H and O–H groups in total. The van der Waals surface area contributed by atoms with Crippen molar-refractivity contribution in [2.24, 2.45) is 0 Å². The Morgan fingerprint density at radius 3 is 2.23 bits per heavy atom. The summed E-state index contributed by atoms with van der Waals surface area (Å²) in [5.41, 5.74) is 1.96. The second-order valence-electron chi connectivity index (χ2n) is 4.97. The van der Waals surface area contributed by atoms with Crippen molar-refractivity contribution in [1.82, 2.24) is 9.55 Å². The molecule has 112 valence electrons. The first-order valence-corrected chi connectivity index (χ1v) is 6.76. The van der Waals surface area contributed by atoms with E-state index >= 15 is 0 Å². The molecule has 0 atom stereocenters. The molecule has 2 nitrogen and oxygen atoms in total. The number of rotatable bonds is 3. The van der Waals surface area contributed by atoms with E-state index in [4.69, 9.17) is 0 Å². The summed E-state index contributed by atoms with van der Waals surface area (Å²) in [6, 6.07) is 15.0. The van der Waals surface area contributed by atoms with Crippen LogP contribution in [-0.4, -0.2) is 9.55 Å². The Morgan fingerprint density at radius 2 is 1.59 bits per heavy atom. The van der Waals surface area contributed by atoms with Crippen LogP contribution < -0.4 is 0 Å². The van der Waals surface area contributed by atoms with Gasteiger partial charge in [0.15, 0.2) is 0 Å². The van der Waals surface area contributed by atoms with Crippen LogP contribution >= 0.6 is 0 Å². The normalized spacial score (nSPS) is 11.6. The Morgan fingerprint density at radius 1 is 0.909 bits per heavy atom. The largest absolute Gasteiger partial charge is 0.416 e. The van der Waals surface area contributed by atoms with Crippen LogP contribution in [0, 0.1) is 0 Å². The molecule has 0 aliphatic carbocycles. The van der Waals surface area contributed by atoms with Gasteiger partial charge >= 0.3 is 6.18 Å². The Hall–Kier alpha value is -2.56. The van der Waals surface area contributed by atoms with E-state index in [0.717, 1.165) is 23.4 Å². The van der Waals surface area contributed by atoms with E-state index in [9.17, 15) is 13.2 Å². The van der Waals surface area contributed by atoms with Crippen LogP contribution in [0.1, 0.15) is 11.1 Å². The molecule has 0 spiro atoms. The van der Waals surface area contributed by atoms with Crippen molar-refractivity contribution in [3.05, 3.63) is 78.2 Å². The average Bonchev–Trinajstić information content (AvgIpc) is 2.96. The molecule has 0 saturated heterocycles. The first kappa shape index (κ1) is 14.4. The molecule has 3 aromatic rings. The van der Waals surface area contributed by atoms with Gasteiger partial charge in [0.2, 0.25) is 0 Å². The summed E-state index contributed by atoms with van der Waals surface area (Å²) < 4.78 is 39.7. The fourth-order valence-electron chi connectivity index (χ4n) is 2.30. The van der Waals surface area contributed by atoms with Gasteiger partial charge in [-0.05, 0) is 23.3 Å². The maximum absolute atomic E-state index is 12.6. The van der Waals surface area contributed by atoms with E-state index in [1.807, 2.05) is 34.9 Å². The van der Waals surface area contributed by atoms with Gasteiger partial charge in [0.1, 0.15) is 0 Å². The van der Waals surface area contributed by atoms with Crippen LogP contribution in [-0.2, 0) is 12.7 Å². The van der Waals surface area contributed by atoms with Crippen LogP contribution in [0.15, 0.2) is 67.1 Å². The summed E-state index contributed by atoms with van der Waals surface area (Å²) in [6.45, 7) is 0.622. The second kappa shape index (κ2) is 5.67. The molecule has 1 aromatic heterocycles. The van der Waals surface area contributed by atoms with Gasteiger partial charge in [0.05, 0.1) is 23.8 Å². The molecule has 1 heterocycles. The van der Waals surface area contributed by atoms with Crippen molar-refractivity contribution < 1.29 is 13.2 Å². The third-order valence-electron chi connectivity index (χ3n) is 3.42. The average molecular weight is 302 g/mol. The van der Waals surface area contributed by atoms with Gasteiger partial charge in [-0.2, -0.15) is 13.2 Å². The highest BCUT2D eigenvalue weighted by molar-refractivity contribution is 5.59. The molecule has 5 heteroatoms. The molecule has 22 heavy (non-hydrogen) atoms. The molecule has 0 saturated carbocycles. The summed E-state index contributed by atoms with van der Waals surface area (Å²) in [4.78, 5) is 4.11. The number of hydrogen-bond acceptors (Lipinski definition) is 1. The molecule has 2 aromatic carbocycles. The summed E-state index contributed by atoms with van der Waals surface area (Å²) >= 11 is 0. The molecule has 0 amide bonds. The van der Waals surface area contributed by atoms with Crippen molar-refractivity contribution >= 4 is 0 Å². The van der Waals surface area contributed by atoms with E-state index < -0.39 is 11.7 Å². The van der Waals surface area contributed by atoms with Gasteiger partial charge in [-0.3, -0.25) is 0 Å². The van der Waals surface area contributed by atoms with E-state index in [1.54, 1.807) is 12.5 Å². The van der Waals surface area contributed by atoms with E-state index in [1.165, 1.54) is 12.1 Å². The van der Waals surface area contributed by atoms with Crippen molar-refractivity contribution in [1.29, 1.82) is 0 Å². The molecule has 0 bridgehead atoms. The summed E-state index contributed by atoms with van der Waals surface area (Å²) in [5.74, 6) is 0. The number of halogens is 3. The standard InChI is InChI=1S/C17H13F3N2/c18-17(19,20)15-8-6-14(7-9-15)16-10-21-12-22(16)11-13-4-2-1-3-5-13/h1-10,12H,11H2.